The molecule has 112 valence electrons. The highest BCUT2D eigenvalue weighted by atomic mass is 19.4. The predicted molar refractivity (Wildman–Crippen MR) is 68.4 cm³/mol. The minimum atomic E-state index is -4.45. The maximum absolute atomic E-state index is 12.5. The van der Waals surface area contributed by atoms with E-state index >= 15 is 0 Å². The molecule has 0 aliphatic heterocycles. The molecule has 1 amide bonds. The van der Waals surface area contributed by atoms with Crippen molar-refractivity contribution < 1.29 is 18.0 Å². The van der Waals surface area contributed by atoms with E-state index in [1.165, 1.54) is 26.2 Å². The van der Waals surface area contributed by atoms with Gasteiger partial charge in [-0.25, -0.2) is 9.97 Å². The second-order valence-electron chi connectivity index (χ2n) is 4.46. The van der Waals surface area contributed by atoms with Crippen molar-refractivity contribution in [3.8, 4) is 0 Å². The summed E-state index contributed by atoms with van der Waals surface area (Å²) in [6.45, 7) is 4.23. The fourth-order valence-electron chi connectivity index (χ4n) is 1.54. The topological polar surface area (TPSA) is 58.1 Å². The van der Waals surface area contributed by atoms with E-state index in [9.17, 15) is 18.0 Å². The lowest BCUT2D eigenvalue weighted by Gasteiger charge is -2.27. The zero-order valence-corrected chi connectivity index (χ0v) is 11.5. The Balaban J connectivity index is 2.89. The van der Waals surface area contributed by atoms with Crippen molar-refractivity contribution in [2.75, 3.05) is 18.4 Å². The van der Waals surface area contributed by atoms with Crippen molar-refractivity contribution >= 4 is 11.7 Å². The fraction of sp³-hybridized carbons (Fsp3) is 0.583. The highest BCUT2D eigenvalue weighted by molar-refractivity contribution is 5.92. The van der Waals surface area contributed by atoms with Crippen LogP contribution >= 0.6 is 0 Å². The van der Waals surface area contributed by atoms with Gasteiger partial charge >= 0.3 is 6.18 Å². The smallest absolute Gasteiger partial charge is 0.369 e. The summed E-state index contributed by atoms with van der Waals surface area (Å²) in [4.78, 5) is 20.5. The summed E-state index contributed by atoms with van der Waals surface area (Å²) in [6.07, 6.45) is -1.95. The van der Waals surface area contributed by atoms with E-state index in [0.29, 0.717) is 12.4 Å². The molecule has 0 radical (unpaired) electrons. The Morgan fingerprint density at radius 2 is 2.00 bits per heavy atom. The predicted octanol–water partition coefficient (Wildman–Crippen LogP) is 2.32. The lowest BCUT2D eigenvalue weighted by atomic mass is 10.2. The summed E-state index contributed by atoms with van der Waals surface area (Å²) in [5, 5.41) is 2.89. The van der Waals surface area contributed by atoms with Crippen LogP contribution in [0.2, 0.25) is 0 Å². The van der Waals surface area contributed by atoms with Crippen LogP contribution in [0.1, 0.15) is 31.3 Å². The van der Waals surface area contributed by atoms with Gasteiger partial charge in [-0.3, -0.25) is 4.79 Å². The Hall–Kier alpha value is -1.86. The number of rotatable bonds is 5. The summed E-state index contributed by atoms with van der Waals surface area (Å²) in [5.74, 6) is -0.316. The van der Waals surface area contributed by atoms with Crippen LogP contribution in [0.15, 0.2) is 12.4 Å². The van der Waals surface area contributed by atoms with Crippen LogP contribution < -0.4 is 5.32 Å². The lowest BCUT2D eigenvalue weighted by molar-refractivity contribution is -0.143. The zero-order valence-electron chi connectivity index (χ0n) is 11.5. The third-order valence-corrected chi connectivity index (χ3v) is 2.46. The maximum atomic E-state index is 12.5. The first-order chi connectivity index (χ1) is 9.24. The van der Waals surface area contributed by atoms with E-state index < -0.39 is 24.7 Å². The molecule has 0 fully saturated rings. The quantitative estimate of drug-likeness (QED) is 0.904. The molecule has 1 rings (SSSR count). The zero-order chi connectivity index (χ0) is 15.3. The van der Waals surface area contributed by atoms with Crippen molar-refractivity contribution in [3.05, 3.63) is 18.1 Å². The second-order valence-corrected chi connectivity index (χ2v) is 4.46. The van der Waals surface area contributed by atoms with E-state index in [-0.39, 0.29) is 5.69 Å². The van der Waals surface area contributed by atoms with Gasteiger partial charge in [0.2, 0.25) is 0 Å². The number of aromatic nitrogens is 2. The van der Waals surface area contributed by atoms with Crippen LogP contribution in [-0.2, 0) is 0 Å². The maximum Gasteiger partial charge on any atom is 0.406 e. The number of nitrogens with zero attached hydrogens (tertiary/aromatic N) is 3. The number of amides is 1. The molecule has 0 saturated carbocycles. The summed E-state index contributed by atoms with van der Waals surface area (Å²) >= 11 is 0. The van der Waals surface area contributed by atoms with Crippen molar-refractivity contribution in [3.63, 3.8) is 0 Å². The molecular weight excluding hydrogens is 273 g/mol. The molecular formula is C12H17F3N4O. The Morgan fingerprint density at radius 3 is 2.40 bits per heavy atom. The molecule has 0 atom stereocenters. The molecule has 20 heavy (non-hydrogen) atoms. The van der Waals surface area contributed by atoms with Gasteiger partial charge in [-0.05, 0) is 20.8 Å². The molecule has 1 aromatic heterocycles. The van der Waals surface area contributed by atoms with E-state index in [0.717, 1.165) is 4.90 Å². The SMILES string of the molecule is CCNc1cnc(C(=O)N(CC(F)(F)F)C(C)C)cn1. The second kappa shape index (κ2) is 6.53. The van der Waals surface area contributed by atoms with Gasteiger partial charge in [0.1, 0.15) is 18.1 Å². The van der Waals surface area contributed by atoms with Gasteiger partial charge in [0, 0.05) is 12.6 Å². The van der Waals surface area contributed by atoms with Gasteiger partial charge in [0.25, 0.3) is 5.91 Å². The average Bonchev–Trinajstić information content (AvgIpc) is 2.35. The third kappa shape index (κ3) is 4.67. The van der Waals surface area contributed by atoms with E-state index in [1.54, 1.807) is 0 Å². The summed E-state index contributed by atoms with van der Waals surface area (Å²) < 4.78 is 37.4. The van der Waals surface area contributed by atoms with Crippen LogP contribution in [0.3, 0.4) is 0 Å². The summed E-state index contributed by atoms with van der Waals surface area (Å²) in [5.41, 5.74) is -0.107. The standard InChI is InChI=1S/C12H17F3N4O/c1-4-16-10-6-17-9(5-18-10)11(20)19(8(2)3)7-12(13,14)15/h5-6,8H,4,7H2,1-3H3,(H,16,18). The largest absolute Gasteiger partial charge is 0.406 e. The Morgan fingerprint density at radius 1 is 1.35 bits per heavy atom. The molecule has 8 heteroatoms. The molecule has 1 aromatic rings. The first kappa shape index (κ1) is 16.2. The molecule has 0 saturated heterocycles. The first-order valence-corrected chi connectivity index (χ1v) is 6.18. The van der Waals surface area contributed by atoms with Gasteiger partial charge in [-0.1, -0.05) is 0 Å². The van der Waals surface area contributed by atoms with Crippen LogP contribution in [-0.4, -0.2) is 46.1 Å². The molecule has 0 unspecified atom stereocenters. The van der Waals surface area contributed by atoms with Crippen LogP contribution in [0.25, 0.3) is 0 Å². The highest BCUT2D eigenvalue weighted by Crippen LogP contribution is 2.19. The third-order valence-electron chi connectivity index (χ3n) is 2.46. The van der Waals surface area contributed by atoms with Gasteiger partial charge in [-0.2, -0.15) is 13.2 Å². The number of halogens is 3. The van der Waals surface area contributed by atoms with Crippen LogP contribution in [0.5, 0.6) is 0 Å². The Kier molecular flexibility index (Phi) is 5.29. The van der Waals surface area contributed by atoms with Crippen molar-refractivity contribution in [2.24, 2.45) is 0 Å². The van der Waals surface area contributed by atoms with E-state index in [2.05, 4.69) is 15.3 Å². The van der Waals surface area contributed by atoms with Crippen LogP contribution in [0, 0.1) is 0 Å². The van der Waals surface area contributed by atoms with Gasteiger partial charge in [0.05, 0.1) is 12.4 Å². The number of hydrogen-bond donors (Lipinski definition) is 1. The van der Waals surface area contributed by atoms with Crippen LogP contribution in [0.4, 0.5) is 19.0 Å². The molecule has 1 heterocycles. The number of anilines is 1. The molecule has 0 aliphatic rings. The Labute approximate surface area is 115 Å². The van der Waals surface area contributed by atoms with Gasteiger partial charge in [0.15, 0.2) is 0 Å². The normalized spacial score (nSPS) is 11.6. The van der Waals surface area contributed by atoms with E-state index in [4.69, 9.17) is 0 Å². The first-order valence-electron chi connectivity index (χ1n) is 6.18. The molecule has 0 spiro atoms. The molecule has 1 N–H and O–H groups in total. The number of hydrogen-bond acceptors (Lipinski definition) is 4. The van der Waals surface area contributed by atoms with Gasteiger partial charge in [-0.15, -0.1) is 0 Å². The average molecular weight is 290 g/mol. The number of nitrogens with one attached hydrogen (secondary N) is 1. The lowest BCUT2D eigenvalue weighted by Crippen LogP contribution is -2.43. The van der Waals surface area contributed by atoms with Gasteiger partial charge < -0.3 is 10.2 Å². The minimum absolute atomic E-state index is 0.107. The molecule has 5 nitrogen and oxygen atoms in total. The van der Waals surface area contributed by atoms with Crippen molar-refractivity contribution in [2.45, 2.75) is 33.0 Å². The number of carbonyl (C=O) groups excluding carboxylic acids is 1. The number of carbonyl (C=O) groups is 1. The van der Waals surface area contributed by atoms with Crippen molar-refractivity contribution in [1.29, 1.82) is 0 Å². The summed E-state index contributed by atoms with van der Waals surface area (Å²) in [7, 11) is 0. The number of alkyl halides is 3. The fourth-order valence-corrected chi connectivity index (χ4v) is 1.54. The molecule has 0 aromatic carbocycles. The summed E-state index contributed by atoms with van der Waals surface area (Å²) in [6, 6.07) is -0.584. The monoisotopic (exact) mass is 290 g/mol. The van der Waals surface area contributed by atoms with Crippen molar-refractivity contribution in [1.82, 2.24) is 14.9 Å². The molecule has 0 bridgehead atoms. The highest BCUT2D eigenvalue weighted by Gasteiger charge is 2.35. The minimum Gasteiger partial charge on any atom is -0.369 e. The molecule has 0 aliphatic carbocycles. The van der Waals surface area contributed by atoms with E-state index in [1.807, 2.05) is 6.92 Å². The Bertz CT molecular complexity index is 445.